The third kappa shape index (κ3) is 4.42. The van der Waals surface area contributed by atoms with Gasteiger partial charge in [-0.3, -0.25) is 4.79 Å². The first-order chi connectivity index (χ1) is 12.1. The van der Waals surface area contributed by atoms with Gasteiger partial charge >= 0.3 is 0 Å². The van der Waals surface area contributed by atoms with Crippen molar-refractivity contribution in [2.24, 2.45) is 0 Å². The molecule has 0 radical (unpaired) electrons. The summed E-state index contributed by atoms with van der Waals surface area (Å²) in [4.78, 5) is 22.7. The van der Waals surface area contributed by atoms with Crippen molar-refractivity contribution in [2.75, 3.05) is 18.8 Å². The van der Waals surface area contributed by atoms with E-state index in [1.165, 1.54) is 6.33 Å². The number of benzene rings is 1. The summed E-state index contributed by atoms with van der Waals surface area (Å²) >= 11 is 0. The number of sulfone groups is 1. The number of rotatable bonds is 5. The van der Waals surface area contributed by atoms with Crippen LogP contribution in [0.25, 0.3) is 0 Å². The molecule has 1 amide bonds. The topological polar surface area (TPSA) is 80.2 Å². The molecule has 6 nitrogen and oxygen atoms in total. The summed E-state index contributed by atoms with van der Waals surface area (Å²) in [5.74, 6) is -0.0884. The standard InChI is InChI=1S/C18H21N3O3S/c22-18(9-12-25(23,24)16-6-2-1-3-7-16)21-11-4-5-15(13-21)17-8-10-19-14-20-17/h1-3,6-8,10,14-15H,4-5,9,11-13H2. The molecule has 2 heterocycles. The quantitative estimate of drug-likeness (QED) is 0.816. The van der Waals surface area contributed by atoms with Crippen molar-refractivity contribution in [3.63, 3.8) is 0 Å². The maximum Gasteiger partial charge on any atom is 0.223 e. The minimum atomic E-state index is -3.43. The minimum Gasteiger partial charge on any atom is -0.342 e. The Labute approximate surface area is 147 Å². The molecule has 7 heteroatoms. The normalized spacial score (nSPS) is 18.1. The van der Waals surface area contributed by atoms with Crippen LogP contribution in [0.5, 0.6) is 0 Å². The molecule has 1 aliphatic rings. The fourth-order valence-corrected chi connectivity index (χ4v) is 4.36. The van der Waals surface area contributed by atoms with Crippen LogP contribution in [0.3, 0.4) is 0 Å². The highest BCUT2D eigenvalue weighted by atomic mass is 32.2. The lowest BCUT2D eigenvalue weighted by molar-refractivity contribution is -0.132. The monoisotopic (exact) mass is 359 g/mol. The van der Waals surface area contributed by atoms with E-state index in [0.29, 0.717) is 13.1 Å². The second kappa shape index (κ2) is 7.74. The molecular formula is C18H21N3O3S. The summed E-state index contributed by atoms with van der Waals surface area (Å²) in [7, 11) is -3.43. The van der Waals surface area contributed by atoms with Gasteiger partial charge in [0, 0.05) is 37.3 Å². The van der Waals surface area contributed by atoms with Crippen LogP contribution in [0.1, 0.15) is 30.9 Å². The van der Waals surface area contributed by atoms with E-state index >= 15 is 0 Å². The molecular weight excluding hydrogens is 338 g/mol. The summed E-state index contributed by atoms with van der Waals surface area (Å²) in [6.45, 7) is 1.26. The van der Waals surface area contributed by atoms with E-state index in [1.807, 2.05) is 6.07 Å². The summed E-state index contributed by atoms with van der Waals surface area (Å²) < 4.78 is 24.6. The first kappa shape index (κ1) is 17.5. The second-order valence-corrected chi connectivity index (χ2v) is 8.30. The number of carbonyl (C=O) groups is 1. The third-order valence-corrected chi connectivity index (χ3v) is 6.22. The van der Waals surface area contributed by atoms with E-state index in [2.05, 4.69) is 9.97 Å². The van der Waals surface area contributed by atoms with Crippen molar-refractivity contribution >= 4 is 15.7 Å². The van der Waals surface area contributed by atoms with Gasteiger partial charge in [-0.25, -0.2) is 18.4 Å². The third-order valence-electron chi connectivity index (χ3n) is 4.48. The van der Waals surface area contributed by atoms with Gasteiger partial charge < -0.3 is 4.90 Å². The molecule has 2 aromatic rings. The molecule has 1 fully saturated rings. The molecule has 132 valence electrons. The summed E-state index contributed by atoms with van der Waals surface area (Å²) in [5, 5.41) is 0. The molecule has 1 saturated heterocycles. The number of hydrogen-bond donors (Lipinski definition) is 0. The first-order valence-electron chi connectivity index (χ1n) is 8.38. The van der Waals surface area contributed by atoms with Crippen molar-refractivity contribution in [3.8, 4) is 0 Å². The average Bonchev–Trinajstić information content (AvgIpc) is 2.68. The Balaban J connectivity index is 1.60. The van der Waals surface area contributed by atoms with Crippen LogP contribution in [0.2, 0.25) is 0 Å². The van der Waals surface area contributed by atoms with Gasteiger partial charge in [0.05, 0.1) is 10.6 Å². The lowest BCUT2D eigenvalue weighted by Crippen LogP contribution is -2.39. The minimum absolute atomic E-state index is 0.00766. The SMILES string of the molecule is O=C(CCS(=O)(=O)c1ccccc1)N1CCCC(c2ccncn2)C1. The fraction of sp³-hybridized carbons (Fsp3) is 0.389. The van der Waals surface area contributed by atoms with Gasteiger partial charge in [-0.2, -0.15) is 0 Å². The molecule has 0 bridgehead atoms. The highest BCUT2D eigenvalue weighted by Gasteiger charge is 2.26. The summed E-state index contributed by atoms with van der Waals surface area (Å²) in [5.41, 5.74) is 0.935. The van der Waals surface area contributed by atoms with Crippen LogP contribution >= 0.6 is 0 Å². The Hall–Kier alpha value is -2.28. The number of carbonyl (C=O) groups excluding carboxylic acids is 1. The summed E-state index contributed by atoms with van der Waals surface area (Å²) in [6.07, 6.45) is 5.10. The van der Waals surface area contributed by atoms with Gasteiger partial charge in [-0.15, -0.1) is 0 Å². The van der Waals surface area contributed by atoms with Crippen LogP contribution in [0, 0.1) is 0 Å². The molecule has 1 aliphatic heterocycles. The predicted molar refractivity (Wildman–Crippen MR) is 93.7 cm³/mol. The molecule has 0 spiro atoms. The smallest absolute Gasteiger partial charge is 0.223 e. The first-order valence-corrected chi connectivity index (χ1v) is 10.0. The van der Waals surface area contributed by atoms with Gasteiger partial charge in [0.15, 0.2) is 9.84 Å². The largest absolute Gasteiger partial charge is 0.342 e. The molecule has 25 heavy (non-hydrogen) atoms. The molecule has 3 rings (SSSR count). The van der Waals surface area contributed by atoms with E-state index in [-0.39, 0.29) is 28.9 Å². The second-order valence-electron chi connectivity index (χ2n) is 6.20. The van der Waals surface area contributed by atoms with Crippen molar-refractivity contribution in [1.82, 2.24) is 14.9 Å². The average molecular weight is 359 g/mol. The lowest BCUT2D eigenvalue weighted by Gasteiger charge is -2.32. The Morgan fingerprint density at radius 3 is 2.72 bits per heavy atom. The van der Waals surface area contributed by atoms with E-state index in [1.54, 1.807) is 41.4 Å². The Bertz CT molecular complexity index is 810. The maximum atomic E-state index is 12.5. The number of amides is 1. The Morgan fingerprint density at radius 2 is 2.00 bits per heavy atom. The zero-order valence-corrected chi connectivity index (χ0v) is 14.7. The number of aromatic nitrogens is 2. The van der Waals surface area contributed by atoms with E-state index in [0.717, 1.165) is 18.5 Å². The maximum absolute atomic E-state index is 12.5. The van der Waals surface area contributed by atoms with Crippen molar-refractivity contribution < 1.29 is 13.2 Å². The van der Waals surface area contributed by atoms with Crippen molar-refractivity contribution in [2.45, 2.75) is 30.1 Å². The number of nitrogens with zero attached hydrogens (tertiary/aromatic N) is 3. The molecule has 0 N–H and O–H groups in total. The predicted octanol–water partition coefficient (Wildman–Crippen LogP) is 2.05. The van der Waals surface area contributed by atoms with E-state index in [4.69, 9.17) is 0 Å². The van der Waals surface area contributed by atoms with Gasteiger partial charge in [-0.05, 0) is 31.0 Å². The number of piperidine rings is 1. The van der Waals surface area contributed by atoms with E-state index in [9.17, 15) is 13.2 Å². The molecule has 1 atom stereocenters. The Kier molecular flexibility index (Phi) is 5.43. The molecule has 0 aliphatic carbocycles. The van der Waals surface area contributed by atoms with Gasteiger partial charge in [0.2, 0.25) is 5.91 Å². The number of likely N-dealkylation sites (tertiary alicyclic amines) is 1. The molecule has 1 aromatic carbocycles. The summed E-state index contributed by atoms with van der Waals surface area (Å²) in [6, 6.07) is 10.1. The van der Waals surface area contributed by atoms with Gasteiger partial charge in [-0.1, -0.05) is 18.2 Å². The highest BCUT2D eigenvalue weighted by Crippen LogP contribution is 2.25. The zero-order chi connectivity index (χ0) is 17.7. The highest BCUT2D eigenvalue weighted by molar-refractivity contribution is 7.91. The van der Waals surface area contributed by atoms with Gasteiger partial charge in [0.25, 0.3) is 0 Å². The van der Waals surface area contributed by atoms with Crippen LogP contribution in [0.4, 0.5) is 0 Å². The Morgan fingerprint density at radius 1 is 1.20 bits per heavy atom. The molecule has 1 aromatic heterocycles. The zero-order valence-electron chi connectivity index (χ0n) is 13.9. The van der Waals surface area contributed by atoms with Crippen LogP contribution in [0.15, 0.2) is 53.8 Å². The van der Waals surface area contributed by atoms with Crippen molar-refractivity contribution in [1.29, 1.82) is 0 Å². The van der Waals surface area contributed by atoms with Crippen LogP contribution in [-0.2, 0) is 14.6 Å². The van der Waals surface area contributed by atoms with Crippen LogP contribution < -0.4 is 0 Å². The molecule has 0 saturated carbocycles. The van der Waals surface area contributed by atoms with Crippen LogP contribution in [-0.4, -0.2) is 48.0 Å². The van der Waals surface area contributed by atoms with Gasteiger partial charge in [0.1, 0.15) is 6.33 Å². The number of hydrogen-bond acceptors (Lipinski definition) is 5. The van der Waals surface area contributed by atoms with Crippen molar-refractivity contribution in [3.05, 3.63) is 54.6 Å². The van der Waals surface area contributed by atoms with E-state index < -0.39 is 9.84 Å². The molecule has 1 unspecified atom stereocenters. The lowest BCUT2D eigenvalue weighted by atomic mass is 9.94. The fourth-order valence-electron chi connectivity index (χ4n) is 3.11.